The normalized spacial score (nSPS) is 34.4. The van der Waals surface area contributed by atoms with Crippen LogP contribution in [0.25, 0.3) is 0 Å². The topological polar surface area (TPSA) is 38.3 Å². The Labute approximate surface area is 118 Å². The largest absolute Gasteiger partial charge is 0.444 e. The van der Waals surface area contributed by atoms with Crippen molar-refractivity contribution < 1.29 is 9.53 Å². The minimum atomic E-state index is -1.11. The second-order valence-electron chi connectivity index (χ2n) is 8.46. The molecule has 2 bridgehead atoms. The predicted octanol–water partition coefficient (Wildman–Crippen LogP) is 4.02. The maximum absolute atomic E-state index is 11.9. The van der Waals surface area contributed by atoms with E-state index >= 15 is 0 Å². The van der Waals surface area contributed by atoms with Crippen LogP contribution in [0, 0.1) is 11.8 Å². The van der Waals surface area contributed by atoms with Gasteiger partial charge in [0.05, 0.1) is 0 Å². The molecular formula is C15H29NO2Si. The highest BCUT2D eigenvalue weighted by Crippen LogP contribution is 2.55. The van der Waals surface area contributed by atoms with Gasteiger partial charge in [-0.25, -0.2) is 4.79 Å². The highest BCUT2D eigenvalue weighted by atomic mass is 28.3. The van der Waals surface area contributed by atoms with Gasteiger partial charge in [0, 0.05) is 14.1 Å². The molecule has 4 atom stereocenters. The minimum absolute atomic E-state index is 0.237. The molecule has 0 aromatic rings. The van der Waals surface area contributed by atoms with E-state index in [0.29, 0.717) is 12.0 Å². The summed E-state index contributed by atoms with van der Waals surface area (Å²) in [5.74, 6) is 1.53. The van der Waals surface area contributed by atoms with Crippen molar-refractivity contribution in [3.8, 4) is 0 Å². The number of fused-ring (bicyclic) bond motifs is 2. The van der Waals surface area contributed by atoms with Crippen molar-refractivity contribution in [3.05, 3.63) is 0 Å². The number of nitrogens with one attached hydrogen (secondary N) is 1. The maximum Gasteiger partial charge on any atom is 0.407 e. The van der Waals surface area contributed by atoms with Crippen LogP contribution in [0.1, 0.15) is 40.0 Å². The summed E-state index contributed by atoms with van der Waals surface area (Å²) in [6, 6.07) is 0.352. The third kappa shape index (κ3) is 3.53. The molecule has 2 aliphatic carbocycles. The summed E-state index contributed by atoms with van der Waals surface area (Å²) < 4.78 is 5.39. The fourth-order valence-electron chi connectivity index (χ4n) is 3.97. The van der Waals surface area contributed by atoms with Gasteiger partial charge in [0.25, 0.3) is 0 Å². The Kier molecular flexibility index (Phi) is 3.76. The van der Waals surface area contributed by atoms with E-state index in [9.17, 15) is 4.79 Å². The standard InChI is InChI=1S/C15H29NO2Si/c1-15(2,3)18-14(17)16-12-8-10-7-11(12)13(9-10)19(4,5)6/h10-13H,7-9H2,1-6H3,(H,16,17)/t10-,11+,12+,13?/m0/s1. The van der Waals surface area contributed by atoms with E-state index in [4.69, 9.17) is 4.74 Å². The van der Waals surface area contributed by atoms with E-state index in [2.05, 4.69) is 25.0 Å². The molecule has 0 aromatic heterocycles. The number of amides is 1. The van der Waals surface area contributed by atoms with Crippen LogP contribution in [0.2, 0.25) is 25.2 Å². The van der Waals surface area contributed by atoms with Crippen molar-refractivity contribution in [1.29, 1.82) is 0 Å². The van der Waals surface area contributed by atoms with Gasteiger partial charge in [-0.05, 0) is 57.4 Å². The Hall–Kier alpha value is -0.513. The van der Waals surface area contributed by atoms with E-state index in [1.54, 1.807) is 0 Å². The molecule has 2 fully saturated rings. The van der Waals surface area contributed by atoms with Crippen LogP contribution in [0.15, 0.2) is 0 Å². The van der Waals surface area contributed by atoms with Crippen molar-refractivity contribution in [1.82, 2.24) is 5.32 Å². The van der Waals surface area contributed by atoms with Crippen molar-refractivity contribution in [2.24, 2.45) is 11.8 Å². The quantitative estimate of drug-likeness (QED) is 0.777. The van der Waals surface area contributed by atoms with Crippen molar-refractivity contribution in [2.45, 2.75) is 76.9 Å². The number of alkyl carbamates (subject to hydrolysis) is 1. The summed E-state index contributed by atoms with van der Waals surface area (Å²) in [4.78, 5) is 11.9. The number of hydrogen-bond donors (Lipinski definition) is 1. The molecule has 1 unspecified atom stereocenters. The molecule has 110 valence electrons. The Balaban J connectivity index is 1.95. The van der Waals surface area contributed by atoms with E-state index in [1.807, 2.05) is 20.8 Å². The lowest BCUT2D eigenvalue weighted by Gasteiger charge is -2.37. The first-order valence-electron chi connectivity index (χ1n) is 7.56. The van der Waals surface area contributed by atoms with Crippen LogP contribution in [-0.2, 0) is 4.74 Å². The highest BCUT2D eigenvalue weighted by molar-refractivity contribution is 6.77. The Morgan fingerprint density at radius 1 is 1.16 bits per heavy atom. The number of carbonyl (C=O) groups excluding carboxylic acids is 1. The molecular weight excluding hydrogens is 254 g/mol. The number of carbonyl (C=O) groups is 1. The SMILES string of the molecule is CC(C)(C)OC(=O)N[C@@H]1C[C@H]2CC([Si](C)(C)C)[C@@H]1C2. The lowest BCUT2D eigenvalue weighted by molar-refractivity contribution is 0.0487. The summed E-state index contributed by atoms with van der Waals surface area (Å²) in [6.07, 6.45) is 3.63. The molecule has 0 saturated heterocycles. The lowest BCUT2D eigenvalue weighted by Crippen LogP contribution is -2.46. The van der Waals surface area contributed by atoms with Gasteiger partial charge in [-0.1, -0.05) is 19.6 Å². The number of rotatable bonds is 2. The van der Waals surface area contributed by atoms with Crippen LogP contribution in [0.5, 0.6) is 0 Å². The molecule has 1 N–H and O–H groups in total. The summed E-state index contributed by atoms with van der Waals surface area (Å²) in [5.41, 5.74) is 0.464. The fourth-order valence-corrected chi connectivity index (χ4v) is 6.66. The van der Waals surface area contributed by atoms with Crippen LogP contribution < -0.4 is 5.32 Å². The summed E-state index contributed by atoms with van der Waals surface area (Å²) in [7, 11) is -1.11. The van der Waals surface area contributed by atoms with E-state index < -0.39 is 13.7 Å². The van der Waals surface area contributed by atoms with Crippen LogP contribution in [0.4, 0.5) is 4.79 Å². The average molecular weight is 283 g/mol. The van der Waals surface area contributed by atoms with Crippen molar-refractivity contribution in [3.63, 3.8) is 0 Å². The molecule has 0 spiro atoms. The smallest absolute Gasteiger partial charge is 0.407 e. The zero-order valence-electron chi connectivity index (χ0n) is 13.2. The molecule has 3 nitrogen and oxygen atoms in total. The Bertz CT molecular complexity index is 356. The van der Waals surface area contributed by atoms with Gasteiger partial charge in [-0.3, -0.25) is 0 Å². The van der Waals surface area contributed by atoms with Gasteiger partial charge >= 0.3 is 6.09 Å². The van der Waals surface area contributed by atoms with E-state index in [1.165, 1.54) is 12.8 Å². The monoisotopic (exact) mass is 283 g/mol. The molecule has 4 heteroatoms. The van der Waals surface area contributed by atoms with Gasteiger partial charge in [0.2, 0.25) is 0 Å². The third-order valence-electron chi connectivity index (χ3n) is 4.63. The van der Waals surface area contributed by atoms with Crippen LogP contribution in [-0.4, -0.2) is 25.8 Å². The van der Waals surface area contributed by atoms with Gasteiger partial charge in [-0.15, -0.1) is 0 Å². The molecule has 0 aromatic carbocycles. The Morgan fingerprint density at radius 3 is 2.26 bits per heavy atom. The summed E-state index contributed by atoms with van der Waals surface area (Å²) in [6.45, 7) is 13.1. The summed E-state index contributed by atoms with van der Waals surface area (Å²) in [5, 5.41) is 3.13. The third-order valence-corrected chi connectivity index (χ3v) is 7.52. The predicted molar refractivity (Wildman–Crippen MR) is 81.1 cm³/mol. The summed E-state index contributed by atoms with van der Waals surface area (Å²) >= 11 is 0. The molecule has 19 heavy (non-hydrogen) atoms. The number of hydrogen-bond acceptors (Lipinski definition) is 2. The highest BCUT2D eigenvalue weighted by Gasteiger charge is 2.50. The number of ether oxygens (including phenoxy) is 1. The maximum atomic E-state index is 11.9. The second kappa shape index (κ2) is 4.79. The zero-order chi connectivity index (χ0) is 14.4. The minimum Gasteiger partial charge on any atom is -0.444 e. The van der Waals surface area contributed by atoms with Gasteiger partial charge in [0.15, 0.2) is 0 Å². The lowest BCUT2D eigenvalue weighted by atomic mass is 9.95. The molecule has 2 rings (SSSR count). The molecule has 2 saturated carbocycles. The van der Waals surface area contributed by atoms with E-state index in [-0.39, 0.29) is 6.09 Å². The molecule has 1 amide bonds. The first-order chi connectivity index (χ1) is 8.56. The zero-order valence-corrected chi connectivity index (χ0v) is 14.2. The van der Waals surface area contributed by atoms with E-state index in [0.717, 1.165) is 17.9 Å². The molecule has 2 aliphatic rings. The molecule has 0 heterocycles. The fraction of sp³-hybridized carbons (Fsp3) is 0.933. The van der Waals surface area contributed by atoms with Crippen molar-refractivity contribution in [2.75, 3.05) is 0 Å². The first-order valence-corrected chi connectivity index (χ1v) is 11.1. The van der Waals surface area contributed by atoms with Crippen molar-refractivity contribution >= 4 is 14.2 Å². The molecule has 0 radical (unpaired) electrons. The average Bonchev–Trinajstić information content (AvgIpc) is 2.71. The first kappa shape index (κ1) is 14.9. The van der Waals surface area contributed by atoms with Gasteiger partial charge < -0.3 is 10.1 Å². The van der Waals surface area contributed by atoms with Gasteiger partial charge in [0.1, 0.15) is 5.60 Å². The molecule has 0 aliphatic heterocycles. The van der Waals surface area contributed by atoms with Gasteiger partial charge in [-0.2, -0.15) is 0 Å². The Morgan fingerprint density at radius 2 is 1.79 bits per heavy atom. The van der Waals surface area contributed by atoms with Crippen LogP contribution >= 0.6 is 0 Å². The second-order valence-corrected chi connectivity index (χ2v) is 13.9. The van der Waals surface area contributed by atoms with Crippen LogP contribution in [0.3, 0.4) is 0 Å².